The summed E-state index contributed by atoms with van der Waals surface area (Å²) < 4.78 is 0. The van der Waals surface area contributed by atoms with Crippen LogP contribution in [-0.4, -0.2) is 46.7 Å². The van der Waals surface area contributed by atoms with Gasteiger partial charge in [0, 0.05) is 18.6 Å². The van der Waals surface area contributed by atoms with Crippen molar-refractivity contribution in [1.82, 2.24) is 10.2 Å². The number of hydrogen-bond donors (Lipinski definition) is 2. The van der Waals surface area contributed by atoms with E-state index in [1.54, 1.807) is 0 Å². The number of aliphatic hydroxyl groups is 1. The standard InChI is InChI=1S/C15H28N2O2/c1-10(2)6-7-16-15(19)11(3)17-12-4-5-13(17)9-14(18)8-12/h10-14,18H,4-9H2,1-3H3,(H,16,19). The van der Waals surface area contributed by atoms with E-state index in [2.05, 4.69) is 24.1 Å². The van der Waals surface area contributed by atoms with Gasteiger partial charge in [-0.15, -0.1) is 0 Å². The van der Waals surface area contributed by atoms with E-state index in [-0.39, 0.29) is 18.1 Å². The Hall–Kier alpha value is -0.610. The second-order valence-corrected chi connectivity index (χ2v) is 6.61. The molecule has 0 radical (unpaired) electrons. The molecule has 2 bridgehead atoms. The largest absolute Gasteiger partial charge is 0.393 e. The van der Waals surface area contributed by atoms with Crippen LogP contribution in [0, 0.1) is 5.92 Å². The lowest BCUT2D eigenvalue weighted by Crippen LogP contribution is -2.54. The molecule has 4 nitrogen and oxygen atoms in total. The Labute approximate surface area is 116 Å². The molecule has 4 heteroatoms. The SMILES string of the molecule is CC(C)CCNC(=O)C(C)N1C2CCC1CC(O)C2. The van der Waals surface area contributed by atoms with E-state index in [9.17, 15) is 9.90 Å². The van der Waals surface area contributed by atoms with Crippen molar-refractivity contribution in [3.8, 4) is 0 Å². The van der Waals surface area contributed by atoms with Gasteiger partial charge in [-0.05, 0) is 44.9 Å². The third-order valence-electron chi connectivity index (χ3n) is 4.61. The topological polar surface area (TPSA) is 52.6 Å². The molecular formula is C15H28N2O2. The molecule has 3 unspecified atom stereocenters. The van der Waals surface area contributed by atoms with Gasteiger partial charge < -0.3 is 10.4 Å². The highest BCUT2D eigenvalue weighted by Gasteiger charge is 2.43. The van der Waals surface area contributed by atoms with E-state index >= 15 is 0 Å². The van der Waals surface area contributed by atoms with E-state index in [1.165, 1.54) is 0 Å². The number of carbonyl (C=O) groups excluding carboxylic acids is 1. The first-order valence-corrected chi connectivity index (χ1v) is 7.72. The lowest BCUT2D eigenvalue weighted by molar-refractivity contribution is -0.128. The van der Waals surface area contributed by atoms with Gasteiger partial charge in [0.15, 0.2) is 0 Å². The zero-order valence-electron chi connectivity index (χ0n) is 12.4. The van der Waals surface area contributed by atoms with E-state index in [4.69, 9.17) is 0 Å². The maximum absolute atomic E-state index is 12.2. The van der Waals surface area contributed by atoms with Gasteiger partial charge in [0.1, 0.15) is 0 Å². The molecule has 0 saturated carbocycles. The molecule has 2 aliphatic rings. The number of fused-ring (bicyclic) bond motifs is 2. The van der Waals surface area contributed by atoms with Crippen molar-refractivity contribution in [3.05, 3.63) is 0 Å². The number of hydrogen-bond acceptors (Lipinski definition) is 3. The summed E-state index contributed by atoms with van der Waals surface area (Å²) in [5.74, 6) is 0.769. The Bertz CT molecular complexity index is 305. The molecule has 2 fully saturated rings. The summed E-state index contributed by atoms with van der Waals surface area (Å²) in [7, 11) is 0. The van der Waals surface area contributed by atoms with Crippen LogP contribution in [0.5, 0.6) is 0 Å². The molecule has 2 N–H and O–H groups in total. The summed E-state index contributed by atoms with van der Waals surface area (Å²) in [6, 6.07) is 0.747. The van der Waals surface area contributed by atoms with Gasteiger partial charge in [-0.1, -0.05) is 13.8 Å². The number of piperidine rings is 1. The number of aliphatic hydroxyl groups excluding tert-OH is 1. The molecule has 2 saturated heterocycles. The maximum atomic E-state index is 12.2. The van der Waals surface area contributed by atoms with Crippen LogP contribution in [0.2, 0.25) is 0 Å². The summed E-state index contributed by atoms with van der Waals surface area (Å²) in [5.41, 5.74) is 0. The highest BCUT2D eigenvalue weighted by Crippen LogP contribution is 2.37. The highest BCUT2D eigenvalue weighted by atomic mass is 16.3. The van der Waals surface area contributed by atoms with E-state index in [0.717, 1.165) is 38.6 Å². The number of carbonyl (C=O) groups is 1. The van der Waals surface area contributed by atoms with Gasteiger partial charge in [-0.25, -0.2) is 0 Å². The summed E-state index contributed by atoms with van der Waals surface area (Å²) in [5, 5.41) is 12.9. The molecule has 2 aliphatic heterocycles. The fourth-order valence-corrected chi connectivity index (χ4v) is 3.58. The lowest BCUT2D eigenvalue weighted by Gasteiger charge is -2.40. The van der Waals surface area contributed by atoms with Crippen LogP contribution >= 0.6 is 0 Å². The van der Waals surface area contributed by atoms with Crippen molar-refractivity contribution in [2.24, 2.45) is 5.92 Å². The van der Waals surface area contributed by atoms with E-state index in [0.29, 0.717) is 18.0 Å². The predicted molar refractivity (Wildman–Crippen MR) is 75.8 cm³/mol. The average Bonchev–Trinajstić information content (AvgIpc) is 2.60. The monoisotopic (exact) mass is 268 g/mol. The van der Waals surface area contributed by atoms with Crippen LogP contribution in [0.4, 0.5) is 0 Å². The Kier molecular flexibility index (Phi) is 4.85. The predicted octanol–water partition coefficient (Wildman–Crippen LogP) is 1.52. The van der Waals surface area contributed by atoms with Crippen molar-refractivity contribution >= 4 is 5.91 Å². The third-order valence-corrected chi connectivity index (χ3v) is 4.61. The minimum absolute atomic E-state index is 0.0582. The second-order valence-electron chi connectivity index (χ2n) is 6.61. The minimum Gasteiger partial charge on any atom is -0.393 e. The van der Waals surface area contributed by atoms with Gasteiger partial charge in [-0.2, -0.15) is 0 Å². The van der Waals surface area contributed by atoms with Crippen LogP contribution in [-0.2, 0) is 4.79 Å². The Morgan fingerprint density at radius 2 is 1.84 bits per heavy atom. The van der Waals surface area contributed by atoms with Crippen LogP contribution in [0.3, 0.4) is 0 Å². The summed E-state index contributed by atoms with van der Waals surface area (Å²) in [6.45, 7) is 7.12. The summed E-state index contributed by atoms with van der Waals surface area (Å²) in [6.07, 6.45) is 4.80. The maximum Gasteiger partial charge on any atom is 0.237 e. The Morgan fingerprint density at radius 1 is 1.26 bits per heavy atom. The highest BCUT2D eigenvalue weighted by molar-refractivity contribution is 5.81. The molecule has 0 aromatic heterocycles. The van der Waals surface area contributed by atoms with Crippen molar-refractivity contribution in [1.29, 1.82) is 0 Å². The second kappa shape index (κ2) is 6.23. The average molecular weight is 268 g/mol. The first-order chi connectivity index (χ1) is 8.99. The summed E-state index contributed by atoms with van der Waals surface area (Å²) >= 11 is 0. The van der Waals surface area contributed by atoms with Gasteiger partial charge in [0.2, 0.25) is 5.91 Å². The summed E-state index contributed by atoms with van der Waals surface area (Å²) in [4.78, 5) is 14.6. The van der Waals surface area contributed by atoms with Crippen LogP contribution in [0.1, 0.15) is 52.9 Å². The number of nitrogens with one attached hydrogen (secondary N) is 1. The molecule has 2 rings (SSSR count). The van der Waals surface area contributed by atoms with Crippen molar-refractivity contribution in [2.45, 2.75) is 77.1 Å². The first-order valence-electron chi connectivity index (χ1n) is 7.72. The fraction of sp³-hybridized carbons (Fsp3) is 0.933. The molecule has 0 spiro atoms. The zero-order valence-corrected chi connectivity index (χ0v) is 12.4. The van der Waals surface area contributed by atoms with Crippen LogP contribution in [0.25, 0.3) is 0 Å². The minimum atomic E-state index is -0.162. The zero-order chi connectivity index (χ0) is 14.0. The van der Waals surface area contributed by atoms with E-state index < -0.39 is 0 Å². The molecule has 1 amide bonds. The Morgan fingerprint density at radius 3 is 2.37 bits per heavy atom. The van der Waals surface area contributed by atoms with Crippen LogP contribution in [0.15, 0.2) is 0 Å². The molecule has 0 aromatic rings. The molecule has 110 valence electrons. The molecule has 2 heterocycles. The van der Waals surface area contributed by atoms with Gasteiger partial charge >= 0.3 is 0 Å². The van der Waals surface area contributed by atoms with Crippen molar-refractivity contribution < 1.29 is 9.90 Å². The van der Waals surface area contributed by atoms with Crippen molar-refractivity contribution in [2.75, 3.05) is 6.54 Å². The fourth-order valence-electron chi connectivity index (χ4n) is 3.58. The molecule has 3 atom stereocenters. The van der Waals surface area contributed by atoms with E-state index in [1.807, 2.05) is 6.92 Å². The first kappa shape index (κ1) is 14.8. The number of amides is 1. The lowest BCUT2D eigenvalue weighted by atomic mass is 9.98. The van der Waals surface area contributed by atoms with Crippen molar-refractivity contribution in [3.63, 3.8) is 0 Å². The van der Waals surface area contributed by atoms with Gasteiger partial charge in [0.25, 0.3) is 0 Å². The molecular weight excluding hydrogens is 240 g/mol. The quantitative estimate of drug-likeness (QED) is 0.795. The van der Waals surface area contributed by atoms with Gasteiger partial charge in [-0.3, -0.25) is 9.69 Å². The molecule has 0 aromatic carbocycles. The van der Waals surface area contributed by atoms with Gasteiger partial charge in [0.05, 0.1) is 12.1 Å². The van der Waals surface area contributed by atoms with Crippen LogP contribution < -0.4 is 5.32 Å². The Balaban J connectivity index is 1.86. The number of rotatable bonds is 5. The molecule has 19 heavy (non-hydrogen) atoms. The third kappa shape index (κ3) is 3.48. The molecule has 0 aliphatic carbocycles. The number of nitrogens with zero attached hydrogens (tertiary/aromatic N) is 1. The normalized spacial score (nSPS) is 32.6. The smallest absolute Gasteiger partial charge is 0.237 e.